The molecule has 0 atom stereocenters. The molecule has 7 heteroatoms. The molecule has 0 bridgehead atoms. The molecule has 0 fully saturated rings. The second-order valence-corrected chi connectivity index (χ2v) is 2.68. The highest BCUT2D eigenvalue weighted by Crippen LogP contribution is 2.35. The van der Waals surface area contributed by atoms with E-state index >= 15 is 0 Å². The van der Waals surface area contributed by atoms with Crippen LogP contribution in [-0.2, 0) is 0 Å². The Balaban J connectivity index is 3.58. The third kappa shape index (κ3) is 1.47. The van der Waals surface area contributed by atoms with Crippen LogP contribution in [0.1, 0.15) is 5.56 Å². The summed E-state index contributed by atoms with van der Waals surface area (Å²) in [5.74, 6) is 0. The van der Waals surface area contributed by atoms with Gasteiger partial charge in [-0.2, -0.15) is 0 Å². The van der Waals surface area contributed by atoms with Crippen molar-refractivity contribution in [2.45, 2.75) is 6.92 Å². The van der Waals surface area contributed by atoms with Crippen molar-refractivity contribution in [3.8, 4) is 0 Å². The van der Waals surface area contributed by atoms with Crippen LogP contribution in [0.5, 0.6) is 0 Å². The van der Waals surface area contributed by atoms with Crippen LogP contribution < -0.4 is 5.73 Å². The summed E-state index contributed by atoms with van der Waals surface area (Å²) in [5.41, 5.74) is 4.11. The average Bonchev–Trinajstić information content (AvgIpc) is 2.07. The van der Waals surface area contributed by atoms with Crippen molar-refractivity contribution >= 4 is 17.1 Å². The number of benzene rings is 1. The summed E-state index contributed by atoms with van der Waals surface area (Å²) in [6, 6.07) is 2.65. The van der Waals surface area contributed by atoms with Crippen LogP contribution in [0.25, 0.3) is 0 Å². The molecule has 2 N–H and O–H groups in total. The molecule has 74 valence electrons. The fourth-order valence-corrected chi connectivity index (χ4v) is 1.12. The lowest BCUT2D eigenvalue weighted by Gasteiger charge is -2.00. The number of nitro groups is 2. The molecular weight excluding hydrogens is 190 g/mol. The fourth-order valence-electron chi connectivity index (χ4n) is 1.12. The van der Waals surface area contributed by atoms with Crippen molar-refractivity contribution in [1.82, 2.24) is 0 Å². The Kier molecular flexibility index (Phi) is 2.32. The number of hydrogen-bond acceptors (Lipinski definition) is 5. The Labute approximate surface area is 78.4 Å². The van der Waals surface area contributed by atoms with E-state index in [9.17, 15) is 20.2 Å². The normalized spacial score (nSPS) is 9.79. The zero-order valence-corrected chi connectivity index (χ0v) is 7.26. The molecule has 14 heavy (non-hydrogen) atoms. The minimum absolute atomic E-state index is 0.202. The average molecular weight is 197 g/mol. The summed E-state index contributed by atoms with van der Waals surface area (Å²) in [4.78, 5) is 19.4. The summed E-state index contributed by atoms with van der Waals surface area (Å²) < 4.78 is 0. The molecule has 0 aliphatic carbocycles. The zero-order chi connectivity index (χ0) is 10.9. The van der Waals surface area contributed by atoms with Crippen molar-refractivity contribution in [3.63, 3.8) is 0 Å². The molecule has 0 amide bonds. The van der Waals surface area contributed by atoms with Gasteiger partial charge in [0.2, 0.25) is 0 Å². The maximum atomic E-state index is 10.5. The van der Waals surface area contributed by atoms with Gasteiger partial charge in [0.1, 0.15) is 5.69 Å². The lowest BCUT2D eigenvalue weighted by Crippen LogP contribution is -2.02. The van der Waals surface area contributed by atoms with E-state index in [-0.39, 0.29) is 11.3 Å². The van der Waals surface area contributed by atoms with E-state index in [0.717, 1.165) is 0 Å². The Bertz CT molecular complexity index is 377. The van der Waals surface area contributed by atoms with E-state index in [4.69, 9.17) is 5.73 Å². The van der Waals surface area contributed by atoms with E-state index in [1.807, 2.05) is 0 Å². The highest BCUT2D eigenvalue weighted by atomic mass is 16.6. The van der Waals surface area contributed by atoms with Gasteiger partial charge < -0.3 is 5.73 Å². The van der Waals surface area contributed by atoms with Crippen LogP contribution in [0.15, 0.2) is 12.1 Å². The lowest BCUT2D eigenvalue weighted by molar-refractivity contribution is -0.422. The number of nitrogens with two attached hydrogens (primary N) is 1. The first-order chi connectivity index (χ1) is 6.45. The molecular formula is C7H7N3O4. The number of rotatable bonds is 2. The topological polar surface area (TPSA) is 112 Å². The first kappa shape index (κ1) is 9.90. The Morgan fingerprint density at radius 3 is 2.00 bits per heavy atom. The molecule has 0 saturated heterocycles. The second-order valence-electron chi connectivity index (χ2n) is 2.68. The van der Waals surface area contributed by atoms with Gasteiger partial charge in [-0.3, -0.25) is 20.2 Å². The molecule has 0 aliphatic rings. The van der Waals surface area contributed by atoms with Gasteiger partial charge in [0.25, 0.3) is 0 Å². The monoisotopic (exact) mass is 197 g/mol. The SMILES string of the molecule is Cc1ccc(N)c([N+](=O)[O-])c1[N+](=O)[O-]. The fraction of sp³-hybridized carbons (Fsp3) is 0.143. The molecule has 1 aromatic rings. The standard InChI is InChI=1S/C7H7N3O4/c1-4-2-3-5(8)7(10(13)14)6(4)9(11)12/h2-3H,8H2,1H3. The van der Waals surface area contributed by atoms with Gasteiger partial charge in [0.15, 0.2) is 0 Å². The van der Waals surface area contributed by atoms with E-state index < -0.39 is 21.2 Å². The highest BCUT2D eigenvalue weighted by Gasteiger charge is 2.29. The molecule has 0 aromatic heterocycles. The summed E-state index contributed by atoms with van der Waals surface area (Å²) >= 11 is 0. The Hall–Kier alpha value is -2.18. The first-order valence-corrected chi connectivity index (χ1v) is 3.63. The highest BCUT2D eigenvalue weighted by molar-refractivity contribution is 5.71. The number of nitrogens with zero attached hydrogens (tertiary/aromatic N) is 2. The largest absolute Gasteiger partial charge is 0.393 e. The van der Waals surface area contributed by atoms with Gasteiger partial charge in [-0.05, 0) is 19.1 Å². The van der Waals surface area contributed by atoms with Gasteiger partial charge in [-0.15, -0.1) is 0 Å². The minimum Gasteiger partial charge on any atom is -0.393 e. The number of nitrogen functional groups attached to an aromatic ring is 1. The second kappa shape index (κ2) is 3.29. The van der Waals surface area contributed by atoms with Crippen LogP contribution in [0.3, 0.4) is 0 Å². The predicted octanol–water partition coefficient (Wildman–Crippen LogP) is 1.39. The molecule has 0 spiro atoms. The molecule has 0 saturated carbocycles. The van der Waals surface area contributed by atoms with Crippen LogP contribution in [0.4, 0.5) is 17.1 Å². The smallest absolute Gasteiger partial charge is 0.368 e. The van der Waals surface area contributed by atoms with Crippen LogP contribution >= 0.6 is 0 Å². The van der Waals surface area contributed by atoms with Gasteiger partial charge in [0.05, 0.1) is 9.85 Å². The van der Waals surface area contributed by atoms with Gasteiger partial charge in [-0.25, -0.2) is 0 Å². The lowest BCUT2D eigenvalue weighted by atomic mass is 10.1. The van der Waals surface area contributed by atoms with E-state index in [1.165, 1.54) is 19.1 Å². The zero-order valence-electron chi connectivity index (χ0n) is 7.26. The molecule has 0 heterocycles. The number of aryl methyl sites for hydroxylation is 1. The Morgan fingerprint density at radius 2 is 1.64 bits per heavy atom. The molecule has 1 rings (SSSR count). The Morgan fingerprint density at radius 1 is 1.14 bits per heavy atom. The van der Waals surface area contributed by atoms with Crippen molar-refractivity contribution in [2.75, 3.05) is 5.73 Å². The van der Waals surface area contributed by atoms with E-state index in [2.05, 4.69) is 0 Å². The van der Waals surface area contributed by atoms with Crippen molar-refractivity contribution in [3.05, 3.63) is 37.9 Å². The van der Waals surface area contributed by atoms with Gasteiger partial charge >= 0.3 is 11.4 Å². The first-order valence-electron chi connectivity index (χ1n) is 3.63. The summed E-state index contributed by atoms with van der Waals surface area (Å²) in [7, 11) is 0. The van der Waals surface area contributed by atoms with Crippen LogP contribution in [0.2, 0.25) is 0 Å². The third-order valence-electron chi connectivity index (χ3n) is 1.75. The predicted molar refractivity (Wildman–Crippen MR) is 48.9 cm³/mol. The number of hydrogen-bond donors (Lipinski definition) is 1. The van der Waals surface area contributed by atoms with Crippen molar-refractivity contribution in [1.29, 1.82) is 0 Å². The quantitative estimate of drug-likeness (QED) is 0.437. The van der Waals surface area contributed by atoms with Crippen molar-refractivity contribution in [2.24, 2.45) is 0 Å². The third-order valence-corrected chi connectivity index (χ3v) is 1.75. The van der Waals surface area contributed by atoms with Crippen molar-refractivity contribution < 1.29 is 9.85 Å². The van der Waals surface area contributed by atoms with Crippen LogP contribution in [-0.4, -0.2) is 9.85 Å². The van der Waals surface area contributed by atoms with Gasteiger partial charge in [-0.1, -0.05) is 0 Å². The molecule has 0 unspecified atom stereocenters. The van der Waals surface area contributed by atoms with Crippen LogP contribution in [0, 0.1) is 27.2 Å². The molecule has 0 aliphatic heterocycles. The molecule has 1 aromatic carbocycles. The molecule has 0 radical (unpaired) electrons. The van der Waals surface area contributed by atoms with E-state index in [1.54, 1.807) is 0 Å². The number of anilines is 1. The molecule has 7 nitrogen and oxygen atoms in total. The summed E-state index contributed by atoms with van der Waals surface area (Å²) in [6.07, 6.45) is 0. The summed E-state index contributed by atoms with van der Waals surface area (Å²) in [5, 5.41) is 21.1. The minimum atomic E-state index is -0.847. The van der Waals surface area contributed by atoms with E-state index in [0.29, 0.717) is 0 Å². The maximum Gasteiger partial charge on any atom is 0.368 e. The summed E-state index contributed by atoms with van der Waals surface area (Å²) in [6.45, 7) is 1.42. The maximum absolute atomic E-state index is 10.5. The van der Waals surface area contributed by atoms with Gasteiger partial charge in [0, 0.05) is 5.56 Å². The number of nitro benzene ring substituents is 2.